The van der Waals surface area contributed by atoms with Crippen LogP contribution in [0.15, 0.2) is 30.3 Å². The SMILES string of the molecule is CCCN(CCC)S(=O)(=O)Oc1ccccc1. The summed E-state index contributed by atoms with van der Waals surface area (Å²) in [6.45, 7) is 4.87. The summed E-state index contributed by atoms with van der Waals surface area (Å²) in [6, 6.07) is 8.57. The molecule has 0 aliphatic heterocycles. The first-order chi connectivity index (χ1) is 8.10. The number of para-hydroxylation sites is 1. The molecule has 0 unspecified atom stereocenters. The van der Waals surface area contributed by atoms with Crippen molar-refractivity contribution in [1.82, 2.24) is 4.31 Å². The van der Waals surface area contributed by atoms with E-state index in [2.05, 4.69) is 0 Å². The Labute approximate surface area is 103 Å². The highest BCUT2D eigenvalue weighted by Crippen LogP contribution is 2.14. The van der Waals surface area contributed by atoms with E-state index in [0.717, 1.165) is 12.8 Å². The van der Waals surface area contributed by atoms with E-state index in [9.17, 15) is 8.42 Å². The lowest BCUT2D eigenvalue weighted by atomic mass is 10.3. The van der Waals surface area contributed by atoms with Crippen molar-refractivity contribution in [1.29, 1.82) is 0 Å². The van der Waals surface area contributed by atoms with Crippen LogP contribution in [0, 0.1) is 0 Å². The van der Waals surface area contributed by atoms with Crippen LogP contribution >= 0.6 is 0 Å². The van der Waals surface area contributed by atoms with Crippen LogP contribution in [0.1, 0.15) is 26.7 Å². The van der Waals surface area contributed by atoms with Gasteiger partial charge in [0, 0.05) is 13.1 Å². The molecule has 0 fully saturated rings. The van der Waals surface area contributed by atoms with Crippen molar-refractivity contribution >= 4 is 10.3 Å². The molecule has 4 nitrogen and oxygen atoms in total. The molecule has 0 N–H and O–H groups in total. The van der Waals surface area contributed by atoms with Crippen LogP contribution in [-0.4, -0.2) is 25.8 Å². The molecule has 0 aliphatic rings. The first kappa shape index (κ1) is 14.0. The van der Waals surface area contributed by atoms with E-state index < -0.39 is 10.3 Å². The molecule has 0 atom stereocenters. The van der Waals surface area contributed by atoms with Gasteiger partial charge in [-0.3, -0.25) is 0 Å². The Bertz CT molecular complexity index is 411. The standard InChI is InChI=1S/C12H19NO3S/c1-3-10-13(11-4-2)17(14,15)16-12-8-6-5-7-9-12/h5-9H,3-4,10-11H2,1-2H3. The normalized spacial score (nSPS) is 11.7. The molecule has 0 heterocycles. The number of benzene rings is 1. The molecular weight excluding hydrogens is 238 g/mol. The third-order valence-corrected chi connectivity index (χ3v) is 3.61. The predicted octanol–water partition coefficient (Wildman–Crippen LogP) is 2.43. The summed E-state index contributed by atoms with van der Waals surface area (Å²) in [4.78, 5) is 0. The van der Waals surface area contributed by atoms with E-state index in [1.54, 1.807) is 24.3 Å². The van der Waals surface area contributed by atoms with Gasteiger partial charge in [-0.25, -0.2) is 0 Å². The zero-order chi connectivity index (χ0) is 12.7. The fraction of sp³-hybridized carbons (Fsp3) is 0.500. The van der Waals surface area contributed by atoms with E-state index in [-0.39, 0.29) is 0 Å². The van der Waals surface area contributed by atoms with Crippen LogP contribution in [0.2, 0.25) is 0 Å². The Hall–Kier alpha value is -1.07. The van der Waals surface area contributed by atoms with Gasteiger partial charge in [-0.2, -0.15) is 12.7 Å². The Kier molecular flexibility index (Phi) is 5.44. The Morgan fingerprint density at radius 3 is 2.06 bits per heavy atom. The second-order valence-corrected chi connectivity index (χ2v) is 5.29. The van der Waals surface area contributed by atoms with Crippen molar-refractivity contribution in [3.63, 3.8) is 0 Å². The molecule has 0 bridgehead atoms. The smallest absolute Gasteiger partial charge is 0.371 e. The highest BCUT2D eigenvalue weighted by molar-refractivity contribution is 7.84. The lowest BCUT2D eigenvalue weighted by molar-refractivity contribution is 0.355. The van der Waals surface area contributed by atoms with Crippen molar-refractivity contribution in [3.05, 3.63) is 30.3 Å². The van der Waals surface area contributed by atoms with Gasteiger partial charge in [0.25, 0.3) is 0 Å². The maximum atomic E-state index is 12.0. The molecule has 0 aromatic heterocycles. The van der Waals surface area contributed by atoms with Crippen LogP contribution < -0.4 is 4.18 Å². The van der Waals surface area contributed by atoms with Gasteiger partial charge in [0.2, 0.25) is 0 Å². The average molecular weight is 257 g/mol. The highest BCUT2D eigenvalue weighted by atomic mass is 32.2. The third kappa shape index (κ3) is 4.36. The molecular formula is C12H19NO3S. The molecule has 0 saturated carbocycles. The third-order valence-electron chi connectivity index (χ3n) is 2.21. The fourth-order valence-corrected chi connectivity index (χ4v) is 2.76. The summed E-state index contributed by atoms with van der Waals surface area (Å²) >= 11 is 0. The van der Waals surface area contributed by atoms with E-state index in [1.807, 2.05) is 19.9 Å². The minimum Gasteiger partial charge on any atom is -0.371 e. The van der Waals surface area contributed by atoms with Crippen molar-refractivity contribution in [2.45, 2.75) is 26.7 Å². The monoisotopic (exact) mass is 257 g/mol. The van der Waals surface area contributed by atoms with Gasteiger partial charge in [0.05, 0.1) is 0 Å². The first-order valence-corrected chi connectivity index (χ1v) is 7.21. The summed E-state index contributed by atoms with van der Waals surface area (Å²) in [7, 11) is -3.67. The van der Waals surface area contributed by atoms with Crippen LogP contribution in [-0.2, 0) is 10.3 Å². The van der Waals surface area contributed by atoms with Gasteiger partial charge in [-0.1, -0.05) is 32.0 Å². The second kappa shape index (κ2) is 6.61. The number of rotatable bonds is 7. The summed E-state index contributed by atoms with van der Waals surface area (Å²) < 4.78 is 30.4. The molecule has 17 heavy (non-hydrogen) atoms. The predicted molar refractivity (Wildman–Crippen MR) is 68.1 cm³/mol. The average Bonchev–Trinajstić information content (AvgIpc) is 2.29. The highest BCUT2D eigenvalue weighted by Gasteiger charge is 2.22. The zero-order valence-corrected chi connectivity index (χ0v) is 11.1. The van der Waals surface area contributed by atoms with Gasteiger partial charge in [0.15, 0.2) is 0 Å². The lowest BCUT2D eigenvalue weighted by Crippen LogP contribution is -2.35. The van der Waals surface area contributed by atoms with Crippen molar-refractivity contribution in [3.8, 4) is 5.75 Å². The van der Waals surface area contributed by atoms with E-state index >= 15 is 0 Å². The van der Waals surface area contributed by atoms with Crippen LogP contribution in [0.4, 0.5) is 0 Å². The molecule has 1 rings (SSSR count). The minimum absolute atomic E-state index is 0.352. The molecule has 96 valence electrons. The molecule has 0 saturated heterocycles. The first-order valence-electron chi connectivity index (χ1n) is 5.84. The molecule has 0 spiro atoms. The van der Waals surface area contributed by atoms with Crippen molar-refractivity contribution < 1.29 is 12.6 Å². The van der Waals surface area contributed by atoms with E-state index in [0.29, 0.717) is 18.8 Å². The van der Waals surface area contributed by atoms with Crippen LogP contribution in [0.5, 0.6) is 5.75 Å². The number of nitrogens with zero attached hydrogens (tertiary/aromatic N) is 1. The quantitative estimate of drug-likeness (QED) is 0.753. The van der Waals surface area contributed by atoms with Crippen LogP contribution in [0.3, 0.4) is 0 Å². The van der Waals surface area contributed by atoms with E-state index in [1.165, 1.54) is 4.31 Å². The van der Waals surface area contributed by atoms with E-state index in [4.69, 9.17) is 4.18 Å². The molecule has 0 amide bonds. The van der Waals surface area contributed by atoms with Gasteiger partial charge in [-0.05, 0) is 25.0 Å². The molecule has 5 heteroatoms. The Morgan fingerprint density at radius 1 is 1.06 bits per heavy atom. The molecule has 1 aromatic rings. The lowest BCUT2D eigenvalue weighted by Gasteiger charge is -2.20. The summed E-state index contributed by atoms with van der Waals surface area (Å²) in [6.07, 6.45) is 1.55. The molecule has 1 aromatic carbocycles. The largest absolute Gasteiger partial charge is 0.385 e. The van der Waals surface area contributed by atoms with Gasteiger partial charge in [0.1, 0.15) is 5.75 Å². The summed E-state index contributed by atoms with van der Waals surface area (Å²) in [5.74, 6) is 0.352. The second-order valence-electron chi connectivity index (χ2n) is 3.75. The van der Waals surface area contributed by atoms with Gasteiger partial charge >= 0.3 is 10.3 Å². The summed E-state index contributed by atoms with van der Waals surface area (Å²) in [5.41, 5.74) is 0. The fourth-order valence-electron chi connectivity index (χ4n) is 1.48. The molecule has 0 radical (unpaired) electrons. The topological polar surface area (TPSA) is 46.6 Å². The van der Waals surface area contributed by atoms with Crippen LogP contribution in [0.25, 0.3) is 0 Å². The van der Waals surface area contributed by atoms with Crippen molar-refractivity contribution in [2.75, 3.05) is 13.1 Å². The Balaban J connectivity index is 2.78. The molecule has 0 aliphatic carbocycles. The number of hydrogen-bond acceptors (Lipinski definition) is 3. The Morgan fingerprint density at radius 2 is 1.59 bits per heavy atom. The zero-order valence-electron chi connectivity index (χ0n) is 10.3. The minimum atomic E-state index is -3.67. The van der Waals surface area contributed by atoms with Gasteiger partial charge in [-0.15, -0.1) is 0 Å². The van der Waals surface area contributed by atoms with Gasteiger partial charge < -0.3 is 4.18 Å². The summed E-state index contributed by atoms with van der Waals surface area (Å²) in [5, 5.41) is 0. The van der Waals surface area contributed by atoms with Crippen molar-refractivity contribution in [2.24, 2.45) is 0 Å². The maximum absolute atomic E-state index is 12.0. The maximum Gasteiger partial charge on any atom is 0.385 e. The number of hydrogen-bond donors (Lipinski definition) is 0.